The molecule has 0 spiro atoms. The number of nitrogens with zero attached hydrogens (tertiary/aromatic N) is 2. The van der Waals surface area contributed by atoms with E-state index in [0.29, 0.717) is 6.42 Å². The SMILES string of the molecule is C[C@H](Cc1cc(C(=O)NCc2cn[nH]c2-c2ccc(F)cc2)on1)c1ccccc1. The van der Waals surface area contributed by atoms with Crippen molar-refractivity contribution >= 4 is 5.91 Å². The van der Waals surface area contributed by atoms with E-state index in [4.69, 9.17) is 4.52 Å². The van der Waals surface area contributed by atoms with Gasteiger partial charge in [0.15, 0.2) is 0 Å². The Bertz CT molecular complexity index is 1120. The molecule has 0 bridgehead atoms. The maximum Gasteiger partial charge on any atom is 0.290 e. The van der Waals surface area contributed by atoms with Crippen molar-refractivity contribution in [1.82, 2.24) is 20.7 Å². The second-order valence-corrected chi connectivity index (χ2v) is 7.16. The van der Waals surface area contributed by atoms with E-state index >= 15 is 0 Å². The Hall–Kier alpha value is -3.74. The van der Waals surface area contributed by atoms with E-state index in [2.05, 4.69) is 39.7 Å². The number of benzene rings is 2. The predicted molar refractivity (Wildman–Crippen MR) is 110 cm³/mol. The van der Waals surface area contributed by atoms with E-state index in [1.807, 2.05) is 18.2 Å². The standard InChI is InChI=1S/C23H21FN4O2/c1-15(16-5-3-2-4-6-16)11-20-12-21(30-28-20)23(29)25-13-18-14-26-27-22(18)17-7-9-19(24)10-8-17/h2-10,12,14-15H,11,13H2,1H3,(H,25,29)(H,26,27)/t15-/m1/s1. The van der Waals surface area contributed by atoms with E-state index in [9.17, 15) is 9.18 Å². The van der Waals surface area contributed by atoms with Gasteiger partial charge in [0, 0.05) is 23.7 Å². The number of H-pyrrole nitrogens is 1. The number of nitrogens with one attached hydrogen (secondary N) is 2. The van der Waals surface area contributed by atoms with Crippen LogP contribution in [0.5, 0.6) is 0 Å². The third kappa shape index (κ3) is 4.46. The molecule has 2 aromatic carbocycles. The lowest BCUT2D eigenvalue weighted by Gasteiger charge is -2.08. The van der Waals surface area contributed by atoms with E-state index in [-0.39, 0.29) is 29.9 Å². The zero-order chi connectivity index (χ0) is 20.9. The highest BCUT2D eigenvalue weighted by atomic mass is 19.1. The van der Waals surface area contributed by atoms with E-state index < -0.39 is 0 Å². The Kier molecular flexibility index (Phi) is 5.70. The van der Waals surface area contributed by atoms with Crippen LogP contribution in [0, 0.1) is 5.82 Å². The maximum atomic E-state index is 13.1. The average molecular weight is 404 g/mol. The Balaban J connectivity index is 1.38. The van der Waals surface area contributed by atoms with Gasteiger partial charge in [-0.25, -0.2) is 4.39 Å². The minimum Gasteiger partial charge on any atom is -0.351 e. The Morgan fingerprint density at radius 1 is 1.17 bits per heavy atom. The van der Waals surface area contributed by atoms with Crippen LogP contribution in [0.1, 0.15) is 40.2 Å². The van der Waals surface area contributed by atoms with Crippen LogP contribution in [-0.2, 0) is 13.0 Å². The molecule has 0 saturated heterocycles. The van der Waals surface area contributed by atoms with Gasteiger partial charge in [-0.3, -0.25) is 9.89 Å². The van der Waals surface area contributed by atoms with Gasteiger partial charge in [-0.15, -0.1) is 0 Å². The van der Waals surface area contributed by atoms with Gasteiger partial charge in [0.2, 0.25) is 5.76 Å². The van der Waals surface area contributed by atoms with Crippen molar-refractivity contribution in [2.75, 3.05) is 0 Å². The fourth-order valence-corrected chi connectivity index (χ4v) is 3.30. The van der Waals surface area contributed by atoms with Crippen LogP contribution in [0.3, 0.4) is 0 Å². The number of aromatic nitrogens is 3. The molecule has 4 rings (SSSR count). The van der Waals surface area contributed by atoms with Gasteiger partial charge in [0.05, 0.1) is 17.6 Å². The molecule has 0 fully saturated rings. The van der Waals surface area contributed by atoms with Gasteiger partial charge < -0.3 is 9.84 Å². The smallest absolute Gasteiger partial charge is 0.290 e. The first kappa shape index (κ1) is 19.6. The minimum atomic E-state index is -0.354. The molecule has 2 heterocycles. The van der Waals surface area contributed by atoms with Crippen LogP contribution in [0.4, 0.5) is 4.39 Å². The molecule has 4 aromatic rings. The first-order valence-electron chi connectivity index (χ1n) is 9.67. The molecule has 7 heteroatoms. The van der Waals surface area contributed by atoms with Gasteiger partial charge in [0.25, 0.3) is 5.91 Å². The molecule has 0 aliphatic heterocycles. The number of carbonyl (C=O) groups excluding carboxylic acids is 1. The quantitative estimate of drug-likeness (QED) is 0.476. The summed E-state index contributed by atoms with van der Waals surface area (Å²) in [6, 6.07) is 17.9. The maximum absolute atomic E-state index is 13.1. The van der Waals surface area contributed by atoms with Crippen molar-refractivity contribution in [2.45, 2.75) is 25.8 Å². The molecule has 6 nitrogen and oxygen atoms in total. The molecule has 2 aromatic heterocycles. The largest absolute Gasteiger partial charge is 0.351 e. The molecule has 0 saturated carbocycles. The second kappa shape index (κ2) is 8.73. The van der Waals surface area contributed by atoms with Gasteiger partial charge in [-0.05, 0) is 42.2 Å². The molecule has 152 valence electrons. The van der Waals surface area contributed by atoms with Gasteiger partial charge in [-0.1, -0.05) is 42.4 Å². The average Bonchev–Trinajstić information content (AvgIpc) is 3.43. The molecule has 30 heavy (non-hydrogen) atoms. The molecular weight excluding hydrogens is 383 g/mol. The van der Waals surface area contributed by atoms with E-state index in [1.165, 1.54) is 17.7 Å². The third-order valence-electron chi connectivity index (χ3n) is 4.96. The third-order valence-corrected chi connectivity index (χ3v) is 4.96. The number of hydrogen-bond donors (Lipinski definition) is 2. The fraction of sp³-hybridized carbons (Fsp3) is 0.174. The minimum absolute atomic E-state index is 0.164. The highest BCUT2D eigenvalue weighted by Gasteiger charge is 2.16. The second-order valence-electron chi connectivity index (χ2n) is 7.16. The summed E-state index contributed by atoms with van der Waals surface area (Å²) in [6.45, 7) is 2.36. The first-order chi connectivity index (χ1) is 14.6. The Morgan fingerprint density at radius 2 is 1.93 bits per heavy atom. The lowest BCUT2D eigenvalue weighted by molar-refractivity contribution is 0.0914. The molecule has 1 amide bonds. The van der Waals surface area contributed by atoms with Crippen LogP contribution in [-0.4, -0.2) is 21.3 Å². The predicted octanol–water partition coefficient (Wildman–Crippen LogP) is 4.48. The summed E-state index contributed by atoms with van der Waals surface area (Å²) in [5, 5.41) is 13.8. The molecule has 0 aliphatic rings. The summed E-state index contributed by atoms with van der Waals surface area (Å²) < 4.78 is 18.4. The number of amides is 1. The van der Waals surface area contributed by atoms with Crippen LogP contribution >= 0.6 is 0 Å². The van der Waals surface area contributed by atoms with E-state index in [1.54, 1.807) is 24.4 Å². The summed E-state index contributed by atoms with van der Waals surface area (Å²) in [5.74, 6) is -0.239. The number of aromatic amines is 1. The van der Waals surface area contributed by atoms with Crippen molar-refractivity contribution in [3.8, 4) is 11.3 Å². The number of carbonyl (C=O) groups is 1. The highest BCUT2D eigenvalue weighted by molar-refractivity contribution is 5.91. The number of halogens is 1. The van der Waals surface area contributed by atoms with Crippen LogP contribution < -0.4 is 5.32 Å². The van der Waals surface area contributed by atoms with Gasteiger partial charge in [-0.2, -0.15) is 5.10 Å². The van der Waals surface area contributed by atoms with Gasteiger partial charge >= 0.3 is 0 Å². The molecular formula is C23H21FN4O2. The molecule has 1 atom stereocenters. The van der Waals surface area contributed by atoms with Crippen molar-refractivity contribution in [3.05, 3.63) is 95.3 Å². The number of rotatable bonds is 7. The normalized spacial score (nSPS) is 11.9. The Labute approximate surface area is 173 Å². The summed E-state index contributed by atoms with van der Waals surface area (Å²) >= 11 is 0. The monoisotopic (exact) mass is 404 g/mol. The molecule has 0 radical (unpaired) electrons. The van der Waals surface area contributed by atoms with Crippen LogP contribution in [0.2, 0.25) is 0 Å². The summed E-state index contributed by atoms with van der Waals surface area (Å²) in [5.41, 5.74) is 4.24. The van der Waals surface area contributed by atoms with Crippen LogP contribution in [0.25, 0.3) is 11.3 Å². The lowest BCUT2D eigenvalue weighted by Crippen LogP contribution is -2.22. The van der Waals surface area contributed by atoms with Crippen molar-refractivity contribution in [1.29, 1.82) is 0 Å². The highest BCUT2D eigenvalue weighted by Crippen LogP contribution is 2.22. The summed E-state index contributed by atoms with van der Waals surface area (Å²) in [4.78, 5) is 12.5. The van der Waals surface area contributed by atoms with Crippen molar-refractivity contribution < 1.29 is 13.7 Å². The lowest BCUT2D eigenvalue weighted by atomic mass is 9.96. The summed E-state index contributed by atoms with van der Waals surface area (Å²) in [7, 11) is 0. The Morgan fingerprint density at radius 3 is 2.70 bits per heavy atom. The number of hydrogen-bond acceptors (Lipinski definition) is 4. The first-order valence-corrected chi connectivity index (χ1v) is 9.67. The van der Waals surface area contributed by atoms with Gasteiger partial charge in [0.1, 0.15) is 5.82 Å². The van der Waals surface area contributed by atoms with Crippen molar-refractivity contribution in [2.24, 2.45) is 0 Å². The molecule has 0 aliphatic carbocycles. The van der Waals surface area contributed by atoms with E-state index in [0.717, 1.165) is 22.5 Å². The zero-order valence-corrected chi connectivity index (χ0v) is 16.4. The summed E-state index contributed by atoms with van der Waals surface area (Å²) in [6.07, 6.45) is 2.31. The fourth-order valence-electron chi connectivity index (χ4n) is 3.30. The molecule has 0 unspecified atom stereocenters. The topological polar surface area (TPSA) is 83.8 Å². The van der Waals surface area contributed by atoms with Crippen molar-refractivity contribution in [3.63, 3.8) is 0 Å². The zero-order valence-electron chi connectivity index (χ0n) is 16.4. The molecule has 2 N–H and O–H groups in total. The van der Waals surface area contributed by atoms with Crippen LogP contribution in [0.15, 0.2) is 71.4 Å².